The SMILES string of the molecule is NNC(Cc1cc(F)cc(F)c1)c1cncc(F)c1. The molecule has 0 spiro atoms. The maximum absolute atomic E-state index is 13.1. The normalized spacial score (nSPS) is 12.4. The van der Waals surface area contributed by atoms with E-state index in [-0.39, 0.29) is 6.42 Å². The van der Waals surface area contributed by atoms with Crippen molar-refractivity contribution in [3.63, 3.8) is 0 Å². The summed E-state index contributed by atoms with van der Waals surface area (Å²) < 4.78 is 39.2. The van der Waals surface area contributed by atoms with Crippen LogP contribution >= 0.6 is 0 Å². The number of rotatable bonds is 4. The Balaban J connectivity index is 2.23. The summed E-state index contributed by atoms with van der Waals surface area (Å²) in [7, 11) is 0. The number of hydrazine groups is 1. The zero-order valence-corrected chi connectivity index (χ0v) is 9.91. The molecule has 6 heteroatoms. The first-order valence-electron chi connectivity index (χ1n) is 5.60. The van der Waals surface area contributed by atoms with E-state index in [0.717, 1.165) is 12.3 Å². The first-order valence-corrected chi connectivity index (χ1v) is 5.60. The Morgan fingerprint density at radius 1 is 1.00 bits per heavy atom. The molecule has 0 aliphatic rings. The predicted molar refractivity (Wildman–Crippen MR) is 64.3 cm³/mol. The van der Waals surface area contributed by atoms with Gasteiger partial charge < -0.3 is 0 Å². The predicted octanol–water partition coefficient (Wildman–Crippen LogP) is 2.25. The monoisotopic (exact) mass is 267 g/mol. The van der Waals surface area contributed by atoms with Gasteiger partial charge >= 0.3 is 0 Å². The van der Waals surface area contributed by atoms with Crippen molar-refractivity contribution in [2.75, 3.05) is 0 Å². The number of hydrogen-bond donors (Lipinski definition) is 2. The number of hydrogen-bond acceptors (Lipinski definition) is 3. The van der Waals surface area contributed by atoms with Crippen LogP contribution in [0.2, 0.25) is 0 Å². The summed E-state index contributed by atoms with van der Waals surface area (Å²) in [5.74, 6) is 3.57. The number of nitrogens with one attached hydrogen (secondary N) is 1. The van der Waals surface area contributed by atoms with Crippen LogP contribution in [-0.4, -0.2) is 4.98 Å². The van der Waals surface area contributed by atoms with Gasteiger partial charge in [-0.25, -0.2) is 13.2 Å². The van der Waals surface area contributed by atoms with E-state index in [2.05, 4.69) is 10.4 Å². The third-order valence-electron chi connectivity index (χ3n) is 2.69. The van der Waals surface area contributed by atoms with Crippen LogP contribution < -0.4 is 11.3 Å². The maximum atomic E-state index is 13.1. The van der Waals surface area contributed by atoms with Gasteiger partial charge in [-0.3, -0.25) is 16.3 Å². The number of halogens is 3. The van der Waals surface area contributed by atoms with E-state index < -0.39 is 23.5 Å². The summed E-state index contributed by atoms with van der Waals surface area (Å²) >= 11 is 0. The topological polar surface area (TPSA) is 50.9 Å². The molecule has 1 unspecified atom stereocenters. The molecule has 1 heterocycles. The fraction of sp³-hybridized carbons (Fsp3) is 0.154. The Morgan fingerprint density at radius 2 is 1.68 bits per heavy atom. The molecule has 0 amide bonds. The van der Waals surface area contributed by atoms with Crippen LogP contribution in [0.15, 0.2) is 36.7 Å². The molecule has 0 radical (unpaired) electrons. The van der Waals surface area contributed by atoms with Gasteiger partial charge in [0.05, 0.1) is 12.2 Å². The molecular weight excluding hydrogens is 255 g/mol. The zero-order valence-electron chi connectivity index (χ0n) is 9.91. The molecule has 0 bridgehead atoms. The van der Waals surface area contributed by atoms with Crippen LogP contribution in [0.5, 0.6) is 0 Å². The lowest BCUT2D eigenvalue weighted by Crippen LogP contribution is -2.29. The van der Waals surface area contributed by atoms with Crippen molar-refractivity contribution >= 4 is 0 Å². The van der Waals surface area contributed by atoms with Crippen LogP contribution in [0, 0.1) is 17.5 Å². The molecular formula is C13H12F3N3. The van der Waals surface area contributed by atoms with E-state index in [1.807, 2.05) is 0 Å². The molecule has 0 saturated carbocycles. The minimum atomic E-state index is -0.664. The van der Waals surface area contributed by atoms with Crippen molar-refractivity contribution in [1.29, 1.82) is 0 Å². The Kier molecular flexibility index (Phi) is 4.13. The summed E-state index contributed by atoms with van der Waals surface area (Å²) in [5.41, 5.74) is 3.41. The van der Waals surface area contributed by atoms with E-state index in [1.54, 1.807) is 0 Å². The highest BCUT2D eigenvalue weighted by molar-refractivity contribution is 5.23. The third-order valence-corrected chi connectivity index (χ3v) is 2.69. The second kappa shape index (κ2) is 5.81. The van der Waals surface area contributed by atoms with Gasteiger partial charge in [-0.1, -0.05) is 0 Å². The van der Waals surface area contributed by atoms with E-state index in [4.69, 9.17) is 5.84 Å². The molecule has 0 aliphatic heterocycles. The Bertz CT molecular complexity index is 555. The first-order chi connectivity index (χ1) is 9.08. The minimum absolute atomic E-state index is 0.219. The van der Waals surface area contributed by atoms with Gasteiger partial charge in [0.1, 0.15) is 17.5 Å². The van der Waals surface area contributed by atoms with Gasteiger partial charge in [0.2, 0.25) is 0 Å². The van der Waals surface area contributed by atoms with Gasteiger partial charge in [-0.2, -0.15) is 0 Å². The number of nitrogens with two attached hydrogens (primary N) is 1. The van der Waals surface area contributed by atoms with Gasteiger partial charge in [-0.05, 0) is 35.7 Å². The zero-order chi connectivity index (χ0) is 13.8. The largest absolute Gasteiger partial charge is 0.271 e. The molecule has 3 nitrogen and oxygen atoms in total. The average molecular weight is 267 g/mol. The molecule has 1 aromatic carbocycles. The first kappa shape index (κ1) is 13.5. The summed E-state index contributed by atoms with van der Waals surface area (Å²) in [5, 5.41) is 0. The highest BCUT2D eigenvalue weighted by Crippen LogP contribution is 2.19. The lowest BCUT2D eigenvalue weighted by molar-refractivity contribution is 0.532. The number of nitrogens with zero attached hydrogens (tertiary/aromatic N) is 1. The summed E-state index contributed by atoms with van der Waals surface area (Å²) in [6.07, 6.45) is 2.73. The van der Waals surface area contributed by atoms with Crippen molar-refractivity contribution in [2.45, 2.75) is 12.5 Å². The highest BCUT2D eigenvalue weighted by atomic mass is 19.1. The minimum Gasteiger partial charge on any atom is -0.271 e. The molecule has 3 N–H and O–H groups in total. The number of pyridine rings is 1. The van der Waals surface area contributed by atoms with Gasteiger partial charge in [0.15, 0.2) is 0 Å². The Morgan fingerprint density at radius 3 is 2.26 bits per heavy atom. The standard InChI is InChI=1S/C13H12F3N3/c14-10-1-8(2-11(15)5-10)3-13(19-17)9-4-12(16)7-18-6-9/h1-2,4-7,13,19H,3,17H2. The summed E-state index contributed by atoms with van der Waals surface area (Å²) in [6, 6.07) is 4.00. The lowest BCUT2D eigenvalue weighted by Gasteiger charge is -2.16. The van der Waals surface area contributed by atoms with Gasteiger partial charge in [0.25, 0.3) is 0 Å². The van der Waals surface area contributed by atoms with Crippen LogP contribution in [0.4, 0.5) is 13.2 Å². The van der Waals surface area contributed by atoms with Crippen LogP contribution in [-0.2, 0) is 6.42 Å². The molecule has 1 atom stereocenters. The number of benzene rings is 1. The van der Waals surface area contributed by atoms with Crippen LogP contribution in [0.3, 0.4) is 0 Å². The molecule has 0 aliphatic carbocycles. The quantitative estimate of drug-likeness (QED) is 0.660. The number of aromatic nitrogens is 1. The average Bonchev–Trinajstić information content (AvgIpc) is 2.34. The van der Waals surface area contributed by atoms with Crippen molar-refractivity contribution < 1.29 is 13.2 Å². The van der Waals surface area contributed by atoms with Crippen molar-refractivity contribution in [3.05, 3.63) is 65.2 Å². The lowest BCUT2D eigenvalue weighted by atomic mass is 10.0. The summed E-state index contributed by atoms with van der Waals surface area (Å²) in [4.78, 5) is 3.71. The fourth-order valence-corrected chi connectivity index (χ4v) is 1.86. The smallest absolute Gasteiger partial charge is 0.141 e. The molecule has 100 valence electrons. The van der Waals surface area contributed by atoms with Gasteiger partial charge in [-0.15, -0.1) is 0 Å². The van der Waals surface area contributed by atoms with Crippen molar-refractivity contribution in [2.24, 2.45) is 5.84 Å². The van der Waals surface area contributed by atoms with Crippen molar-refractivity contribution in [3.8, 4) is 0 Å². The van der Waals surface area contributed by atoms with Gasteiger partial charge in [0, 0.05) is 12.3 Å². The van der Waals surface area contributed by atoms with Crippen LogP contribution in [0.25, 0.3) is 0 Å². The third kappa shape index (κ3) is 3.52. The summed E-state index contributed by atoms with van der Waals surface area (Å²) in [6.45, 7) is 0. The molecule has 0 fully saturated rings. The molecule has 19 heavy (non-hydrogen) atoms. The molecule has 2 rings (SSSR count). The Labute approximate surface area is 108 Å². The Hall–Kier alpha value is -1.92. The van der Waals surface area contributed by atoms with E-state index in [1.165, 1.54) is 24.4 Å². The molecule has 1 aromatic heterocycles. The molecule has 2 aromatic rings. The second-order valence-electron chi connectivity index (χ2n) is 4.14. The second-order valence-corrected chi connectivity index (χ2v) is 4.14. The van der Waals surface area contributed by atoms with Crippen LogP contribution in [0.1, 0.15) is 17.2 Å². The highest BCUT2D eigenvalue weighted by Gasteiger charge is 2.13. The molecule has 0 saturated heterocycles. The van der Waals surface area contributed by atoms with E-state index in [9.17, 15) is 13.2 Å². The fourth-order valence-electron chi connectivity index (χ4n) is 1.86. The maximum Gasteiger partial charge on any atom is 0.141 e. The van der Waals surface area contributed by atoms with Crippen molar-refractivity contribution in [1.82, 2.24) is 10.4 Å². The van der Waals surface area contributed by atoms with E-state index >= 15 is 0 Å². The van der Waals surface area contributed by atoms with E-state index in [0.29, 0.717) is 11.1 Å².